The first-order valence-electron chi connectivity index (χ1n) is 7.01. The van der Waals surface area contributed by atoms with Crippen LogP contribution in [0.3, 0.4) is 0 Å². The summed E-state index contributed by atoms with van der Waals surface area (Å²) in [5.74, 6) is -2.30. The summed E-state index contributed by atoms with van der Waals surface area (Å²) in [6.07, 6.45) is 0.0228. The summed E-state index contributed by atoms with van der Waals surface area (Å²) >= 11 is 0. The quantitative estimate of drug-likeness (QED) is 0.768. The number of nitriles is 1. The molecule has 3 rings (SSSR count). The van der Waals surface area contributed by atoms with Gasteiger partial charge in [-0.1, -0.05) is 0 Å². The van der Waals surface area contributed by atoms with Crippen molar-refractivity contribution >= 4 is 0 Å². The number of fused-ring (bicyclic) bond motifs is 3. The maximum absolute atomic E-state index is 8.86. The summed E-state index contributed by atoms with van der Waals surface area (Å²) in [6.45, 7) is 7.89. The Labute approximate surface area is 118 Å². The van der Waals surface area contributed by atoms with E-state index in [2.05, 4.69) is 6.07 Å². The average Bonchev–Trinajstić information content (AvgIpc) is 2.74. The molecule has 0 saturated carbocycles. The van der Waals surface area contributed by atoms with Crippen LogP contribution in [0.4, 0.5) is 0 Å². The zero-order chi connectivity index (χ0) is 14.6. The number of ether oxygens (including phenoxy) is 5. The predicted octanol–water partition coefficient (Wildman–Crippen LogP) is 1.69. The van der Waals surface area contributed by atoms with E-state index in [1.807, 2.05) is 27.7 Å². The second kappa shape index (κ2) is 4.39. The second-order valence-corrected chi connectivity index (χ2v) is 6.46. The van der Waals surface area contributed by atoms with E-state index in [0.29, 0.717) is 19.4 Å². The van der Waals surface area contributed by atoms with Crippen LogP contribution in [0, 0.1) is 11.3 Å². The summed E-state index contributed by atoms with van der Waals surface area (Å²) in [5, 5.41) is 8.86. The highest BCUT2D eigenvalue weighted by atomic mass is 16.9. The number of hydrogen-bond acceptors (Lipinski definition) is 6. The number of rotatable bonds is 2. The van der Waals surface area contributed by atoms with Crippen LogP contribution < -0.4 is 0 Å². The number of nitrogens with zero attached hydrogens (tertiary/aromatic N) is 1. The molecule has 3 heterocycles. The molecule has 0 radical (unpaired) electrons. The van der Waals surface area contributed by atoms with Gasteiger partial charge in [-0.25, -0.2) is 0 Å². The van der Waals surface area contributed by atoms with E-state index in [-0.39, 0.29) is 18.3 Å². The number of hydrogen-bond donors (Lipinski definition) is 0. The summed E-state index contributed by atoms with van der Waals surface area (Å²) in [4.78, 5) is 0. The Hall–Kier alpha value is -0.710. The molecule has 0 bridgehead atoms. The van der Waals surface area contributed by atoms with Gasteiger partial charge in [-0.2, -0.15) is 5.26 Å². The summed E-state index contributed by atoms with van der Waals surface area (Å²) in [6, 6.07) is 2.14. The van der Waals surface area contributed by atoms with Crippen LogP contribution in [0.5, 0.6) is 0 Å². The third kappa shape index (κ3) is 2.24. The molecule has 0 aromatic carbocycles. The van der Waals surface area contributed by atoms with Gasteiger partial charge in [0.05, 0.1) is 12.7 Å². The van der Waals surface area contributed by atoms with E-state index in [9.17, 15) is 0 Å². The molecule has 0 N–H and O–H groups in total. The maximum atomic E-state index is 8.86. The summed E-state index contributed by atoms with van der Waals surface area (Å²) < 4.78 is 29.6. The minimum absolute atomic E-state index is 0.220. The van der Waals surface area contributed by atoms with E-state index in [4.69, 9.17) is 28.9 Å². The van der Waals surface area contributed by atoms with Crippen molar-refractivity contribution in [3.63, 3.8) is 0 Å². The first kappa shape index (κ1) is 14.2. The van der Waals surface area contributed by atoms with Crippen LogP contribution in [0.15, 0.2) is 0 Å². The van der Waals surface area contributed by atoms with Gasteiger partial charge >= 0.3 is 0 Å². The van der Waals surface area contributed by atoms with Crippen LogP contribution in [0.1, 0.15) is 40.5 Å². The van der Waals surface area contributed by atoms with E-state index in [1.165, 1.54) is 0 Å². The fourth-order valence-electron chi connectivity index (χ4n) is 3.21. The second-order valence-electron chi connectivity index (χ2n) is 6.46. The molecule has 112 valence electrons. The minimum atomic E-state index is -0.904. The van der Waals surface area contributed by atoms with Crippen molar-refractivity contribution in [2.75, 3.05) is 6.61 Å². The van der Waals surface area contributed by atoms with Gasteiger partial charge in [0, 0.05) is 12.8 Å². The van der Waals surface area contributed by atoms with Crippen molar-refractivity contribution in [1.82, 2.24) is 0 Å². The van der Waals surface area contributed by atoms with Gasteiger partial charge in [0.25, 0.3) is 0 Å². The van der Waals surface area contributed by atoms with E-state index in [1.54, 1.807) is 0 Å². The van der Waals surface area contributed by atoms with Crippen molar-refractivity contribution in [1.29, 1.82) is 5.26 Å². The molecule has 20 heavy (non-hydrogen) atoms. The topological polar surface area (TPSA) is 69.9 Å². The Morgan fingerprint density at radius 3 is 2.55 bits per heavy atom. The van der Waals surface area contributed by atoms with Crippen LogP contribution in [-0.2, 0) is 23.7 Å². The molecule has 3 aliphatic rings. The molecule has 0 aliphatic carbocycles. The molecule has 4 atom stereocenters. The largest absolute Gasteiger partial charge is 0.348 e. The Kier molecular flexibility index (Phi) is 3.13. The van der Waals surface area contributed by atoms with E-state index >= 15 is 0 Å². The molecular weight excluding hydrogens is 262 g/mol. The molecular formula is C14H21NO5. The van der Waals surface area contributed by atoms with E-state index in [0.717, 1.165) is 0 Å². The SMILES string of the molecule is CC1(C)OC[C@@H]2O[C@@]3(CCC#N)OC(C)(C)O[C@H]3[C@@H]2O1. The van der Waals surface area contributed by atoms with Crippen LogP contribution in [-0.4, -0.2) is 42.3 Å². The standard InChI is InChI=1S/C14H21NO5/c1-12(2)16-8-9-10(18-12)11-14(17-9,6-5-7-15)20-13(3,4)19-11/h9-11H,5-6,8H2,1-4H3/t9-,10+,11-,14-/m0/s1. The fourth-order valence-corrected chi connectivity index (χ4v) is 3.21. The molecule has 0 unspecified atom stereocenters. The van der Waals surface area contributed by atoms with Crippen molar-refractivity contribution in [2.45, 2.75) is 76.2 Å². The first-order chi connectivity index (χ1) is 9.27. The maximum Gasteiger partial charge on any atom is 0.202 e. The Balaban J connectivity index is 1.87. The van der Waals surface area contributed by atoms with Crippen molar-refractivity contribution < 1.29 is 23.7 Å². The van der Waals surface area contributed by atoms with E-state index < -0.39 is 17.4 Å². The first-order valence-corrected chi connectivity index (χ1v) is 7.01. The van der Waals surface area contributed by atoms with Crippen molar-refractivity contribution in [2.24, 2.45) is 0 Å². The lowest BCUT2D eigenvalue weighted by Crippen LogP contribution is -2.51. The molecule has 6 nitrogen and oxygen atoms in total. The Morgan fingerprint density at radius 1 is 1.10 bits per heavy atom. The molecule has 0 aromatic rings. The van der Waals surface area contributed by atoms with Crippen LogP contribution >= 0.6 is 0 Å². The van der Waals surface area contributed by atoms with Gasteiger partial charge in [-0.15, -0.1) is 0 Å². The van der Waals surface area contributed by atoms with Gasteiger partial charge in [0.2, 0.25) is 5.79 Å². The fraction of sp³-hybridized carbons (Fsp3) is 0.929. The lowest BCUT2D eigenvalue weighted by molar-refractivity contribution is -0.328. The van der Waals surface area contributed by atoms with Gasteiger partial charge < -0.3 is 23.7 Å². The minimum Gasteiger partial charge on any atom is -0.348 e. The van der Waals surface area contributed by atoms with Crippen LogP contribution in [0.25, 0.3) is 0 Å². The predicted molar refractivity (Wildman–Crippen MR) is 67.4 cm³/mol. The molecule has 0 amide bonds. The van der Waals surface area contributed by atoms with Crippen molar-refractivity contribution in [3.05, 3.63) is 0 Å². The highest BCUT2D eigenvalue weighted by Crippen LogP contribution is 2.50. The smallest absolute Gasteiger partial charge is 0.202 e. The Bertz CT molecular complexity index is 443. The molecule has 3 saturated heterocycles. The molecule has 0 spiro atoms. The van der Waals surface area contributed by atoms with Crippen molar-refractivity contribution in [3.8, 4) is 6.07 Å². The lowest BCUT2D eigenvalue weighted by atomic mass is 10.00. The van der Waals surface area contributed by atoms with Crippen LogP contribution in [0.2, 0.25) is 0 Å². The summed E-state index contributed by atoms with van der Waals surface area (Å²) in [7, 11) is 0. The third-order valence-corrected chi connectivity index (χ3v) is 3.88. The van der Waals surface area contributed by atoms with Gasteiger partial charge in [-0.05, 0) is 27.7 Å². The molecule has 3 aliphatic heterocycles. The lowest BCUT2D eigenvalue weighted by Gasteiger charge is -2.38. The average molecular weight is 283 g/mol. The van der Waals surface area contributed by atoms with Gasteiger partial charge in [-0.3, -0.25) is 0 Å². The third-order valence-electron chi connectivity index (χ3n) is 3.88. The monoisotopic (exact) mass is 283 g/mol. The van der Waals surface area contributed by atoms with Gasteiger partial charge in [0.1, 0.15) is 18.3 Å². The highest BCUT2D eigenvalue weighted by Gasteiger charge is 2.66. The highest BCUT2D eigenvalue weighted by molar-refractivity contribution is 5.05. The van der Waals surface area contributed by atoms with Gasteiger partial charge in [0.15, 0.2) is 11.6 Å². The molecule has 3 fully saturated rings. The normalized spacial score (nSPS) is 44.6. The summed E-state index contributed by atoms with van der Waals surface area (Å²) in [5.41, 5.74) is 0. The molecule has 6 heteroatoms. The zero-order valence-corrected chi connectivity index (χ0v) is 12.3. The Morgan fingerprint density at radius 2 is 1.85 bits per heavy atom. The molecule has 0 aromatic heterocycles. The zero-order valence-electron chi connectivity index (χ0n) is 12.3.